The maximum Gasteiger partial charge on any atom is 0.245 e. The van der Waals surface area contributed by atoms with Crippen LogP contribution in [0.1, 0.15) is 19.3 Å². The average molecular weight is 321 g/mol. The lowest BCUT2D eigenvalue weighted by molar-refractivity contribution is 0.257. The van der Waals surface area contributed by atoms with Gasteiger partial charge in [0.05, 0.1) is 0 Å². The van der Waals surface area contributed by atoms with Gasteiger partial charge in [0, 0.05) is 18.1 Å². The second-order valence-corrected chi connectivity index (χ2v) is 7.37. The summed E-state index contributed by atoms with van der Waals surface area (Å²) in [6.07, 6.45) is 2.53. The molecule has 1 atom stereocenters. The summed E-state index contributed by atoms with van der Waals surface area (Å²) in [7, 11) is -3.80. The predicted molar refractivity (Wildman–Crippen MR) is 76.6 cm³/mol. The number of benzene rings is 1. The molecule has 2 rings (SSSR count). The van der Waals surface area contributed by atoms with E-state index in [9.17, 15) is 12.8 Å². The fraction of sp³-hybridized carbons (Fsp3) is 0.538. The first-order chi connectivity index (χ1) is 9.45. The minimum atomic E-state index is -3.80. The normalized spacial score (nSPS) is 21.1. The van der Waals surface area contributed by atoms with Crippen molar-refractivity contribution in [2.75, 3.05) is 19.6 Å². The number of hydrogen-bond donors (Lipinski definition) is 1. The molecule has 0 radical (unpaired) electrons. The van der Waals surface area contributed by atoms with Crippen LogP contribution in [0.3, 0.4) is 0 Å². The summed E-state index contributed by atoms with van der Waals surface area (Å²) in [6.45, 7) is 1.36. The van der Waals surface area contributed by atoms with E-state index in [0.717, 1.165) is 25.3 Å². The number of nitrogens with zero attached hydrogens (tertiary/aromatic N) is 1. The van der Waals surface area contributed by atoms with Crippen LogP contribution in [0.15, 0.2) is 23.1 Å². The van der Waals surface area contributed by atoms with Crippen LogP contribution >= 0.6 is 11.6 Å². The van der Waals surface area contributed by atoms with Crippen molar-refractivity contribution >= 4 is 21.6 Å². The SMILES string of the molecule is NCCC1CCCN(S(=O)(=O)c2ccc(Cl)cc2F)C1. The Kier molecular flexibility index (Phi) is 5.01. The molecule has 1 fully saturated rings. The third kappa shape index (κ3) is 3.31. The number of piperidine rings is 1. The van der Waals surface area contributed by atoms with Crippen LogP contribution in [0.4, 0.5) is 4.39 Å². The standard InChI is InChI=1S/C13H18ClFN2O2S/c14-11-3-4-13(12(15)8-11)20(18,19)17-7-1-2-10(9-17)5-6-16/h3-4,8,10H,1-2,5-7,9,16H2. The van der Waals surface area contributed by atoms with Crippen LogP contribution in [-0.2, 0) is 10.0 Å². The van der Waals surface area contributed by atoms with Crippen molar-refractivity contribution < 1.29 is 12.8 Å². The number of nitrogens with two attached hydrogens (primary N) is 1. The van der Waals surface area contributed by atoms with Crippen LogP contribution in [-0.4, -0.2) is 32.4 Å². The fourth-order valence-corrected chi connectivity index (χ4v) is 4.30. The molecule has 1 aromatic rings. The molecule has 4 nitrogen and oxygen atoms in total. The van der Waals surface area contributed by atoms with E-state index in [1.54, 1.807) is 0 Å². The molecule has 2 N–H and O–H groups in total. The smallest absolute Gasteiger partial charge is 0.245 e. The Bertz CT molecular complexity index is 578. The molecule has 7 heteroatoms. The molecule has 0 amide bonds. The average Bonchev–Trinajstić information content (AvgIpc) is 2.39. The molecule has 1 aromatic carbocycles. The van der Waals surface area contributed by atoms with Gasteiger partial charge in [-0.3, -0.25) is 0 Å². The molecule has 1 aliphatic rings. The highest BCUT2D eigenvalue weighted by molar-refractivity contribution is 7.89. The minimum absolute atomic E-state index is 0.182. The lowest BCUT2D eigenvalue weighted by Gasteiger charge is -2.31. The lowest BCUT2D eigenvalue weighted by Crippen LogP contribution is -2.40. The first kappa shape index (κ1) is 15.7. The Morgan fingerprint density at radius 2 is 2.20 bits per heavy atom. The van der Waals surface area contributed by atoms with Crippen molar-refractivity contribution in [2.24, 2.45) is 11.7 Å². The Morgan fingerprint density at radius 1 is 1.45 bits per heavy atom. The van der Waals surface area contributed by atoms with Gasteiger partial charge in [0.2, 0.25) is 10.0 Å². The van der Waals surface area contributed by atoms with Crippen molar-refractivity contribution in [1.82, 2.24) is 4.31 Å². The summed E-state index contributed by atoms with van der Waals surface area (Å²) in [5, 5.41) is 0.182. The van der Waals surface area contributed by atoms with Gasteiger partial charge >= 0.3 is 0 Å². The molecule has 0 saturated carbocycles. The quantitative estimate of drug-likeness (QED) is 0.925. The van der Waals surface area contributed by atoms with E-state index in [1.165, 1.54) is 16.4 Å². The Hall–Kier alpha value is -0.690. The zero-order valence-corrected chi connectivity index (χ0v) is 12.6. The number of halogens is 2. The molecule has 0 aromatic heterocycles. The molecule has 0 spiro atoms. The first-order valence-corrected chi connectivity index (χ1v) is 8.42. The van der Waals surface area contributed by atoms with Gasteiger partial charge in [-0.25, -0.2) is 12.8 Å². The molecule has 0 bridgehead atoms. The molecule has 1 saturated heterocycles. The Balaban J connectivity index is 2.25. The number of hydrogen-bond acceptors (Lipinski definition) is 3. The van der Waals surface area contributed by atoms with E-state index in [0.29, 0.717) is 19.6 Å². The number of sulfonamides is 1. The van der Waals surface area contributed by atoms with Crippen molar-refractivity contribution in [3.05, 3.63) is 29.0 Å². The maximum atomic E-state index is 13.8. The van der Waals surface area contributed by atoms with E-state index in [2.05, 4.69) is 0 Å². The molecular weight excluding hydrogens is 303 g/mol. The fourth-order valence-electron chi connectivity index (χ4n) is 2.54. The monoisotopic (exact) mass is 320 g/mol. The predicted octanol–water partition coefficient (Wildman–Crippen LogP) is 2.23. The van der Waals surface area contributed by atoms with Crippen LogP contribution < -0.4 is 5.73 Å². The zero-order chi connectivity index (χ0) is 14.8. The minimum Gasteiger partial charge on any atom is -0.330 e. The Morgan fingerprint density at radius 3 is 2.85 bits per heavy atom. The van der Waals surface area contributed by atoms with E-state index >= 15 is 0 Å². The van der Waals surface area contributed by atoms with Gasteiger partial charge in [0.25, 0.3) is 0 Å². The third-order valence-electron chi connectivity index (χ3n) is 3.57. The molecule has 0 aliphatic carbocycles. The van der Waals surface area contributed by atoms with E-state index < -0.39 is 15.8 Å². The van der Waals surface area contributed by atoms with Gasteiger partial charge < -0.3 is 5.73 Å². The van der Waals surface area contributed by atoms with Gasteiger partial charge in [0.15, 0.2) is 0 Å². The van der Waals surface area contributed by atoms with Crippen molar-refractivity contribution in [2.45, 2.75) is 24.2 Å². The van der Waals surface area contributed by atoms with Gasteiger partial charge in [-0.2, -0.15) is 4.31 Å². The molecule has 20 heavy (non-hydrogen) atoms. The topological polar surface area (TPSA) is 63.4 Å². The lowest BCUT2D eigenvalue weighted by atomic mass is 9.96. The molecule has 1 heterocycles. The number of rotatable bonds is 4. The highest BCUT2D eigenvalue weighted by Gasteiger charge is 2.31. The van der Waals surface area contributed by atoms with E-state index in [1.807, 2.05) is 0 Å². The van der Waals surface area contributed by atoms with Gasteiger partial charge in [-0.1, -0.05) is 11.6 Å². The van der Waals surface area contributed by atoms with Gasteiger partial charge in [-0.05, 0) is 49.9 Å². The van der Waals surface area contributed by atoms with E-state index in [-0.39, 0.29) is 15.8 Å². The largest absolute Gasteiger partial charge is 0.330 e. The molecular formula is C13H18ClFN2O2S. The third-order valence-corrected chi connectivity index (χ3v) is 5.70. The van der Waals surface area contributed by atoms with Crippen molar-refractivity contribution in [3.8, 4) is 0 Å². The van der Waals surface area contributed by atoms with Crippen LogP contribution in [0.2, 0.25) is 5.02 Å². The maximum absolute atomic E-state index is 13.8. The molecule has 1 unspecified atom stereocenters. The highest BCUT2D eigenvalue weighted by Crippen LogP contribution is 2.27. The van der Waals surface area contributed by atoms with Gasteiger partial charge in [-0.15, -0.1) is 0 Å². The second kappa shape index (κ2) is 6.39. The van der Waals surface area contributed by atoms with Crippen LogP contribution in [0, 0.1) is 11.7 Å². The summed E-state index contributed by atoms with van der Waals surface area (Å²) < 4.78 is 40.1. The zero-order valence-electron chi connectivity index (χ0n) is 11.1. The molecule has 112 valence electrons. The Labute approximate surface area is 123 Å². The summed E-state index contributed by atoms with van der Waals surface area (Å²) in [6, 6.07) is 3.63. The summed E-state index contributed by atoms with van der Waals surface area (Å²) in [4.78, 5) is -0.310. The summed E-state index contributed by atoms with van der Waals surface area (Å²) in [5.74, 6) is -0.558. The van der Waals surface area contributed by atoms with Crippen LogP contribution in [0.25, 0.3) is 0 Å². The summed E-state index contributed by atoms with van der Waals surface area (Å²) >= 11 is 5.65. The van der Waals surface area contributed by atoms with Gasteiger partial charge in [0.1, 0.15) is 10.7 Å². The first-order valence-electron chi connectivity index (χ1n) is 6.60. The highest BCUT2D eigenvalue weighted by atomic mass is 35.5. The van der Waals surface area contributed by atoms with Crippen LogP contribution in [0.5, 0.6) is 0 Å². The van der Waals surface area contributed by atoms with Crippen molar-refractivity contribution in [1.29, 1.82) is 0 Å². The summed E-state index contributed by atoms with van der Waals surface area (Å²) in [5.41, 5.74) is 5.52. The second-order valence-electron chi connectivity index (χ2n) is 5.02. The van der Waals surface area contributed by atoms with E-state index in [4.69, 9.17) is 17.3 Å². The van der Waals surface area contributed by atoms with Crippen molar-refractivity contribution in [3.63, 3.8) is 0 Å². The molecule has 1 aliphatic heterocycles.